The Balaban J connectivity index is 2.13. The van der Waals surface area contributed by atoms with Gasteiger partial charge in [-0.1, -0.05) is 6.07 Å². The smallest absolute Gasteiger partial charge is 0.338 e. The zero-order chi connectivity index (χ0) is 27.6. The first-order chi connectivity index (χ1) is 17.5. The van der Waals surface area contributed by atoms with E-state index in [1.54, 1.807) is 0 Å². The number of aliphatic imine (C=N–C) groups is 1. The fourth-order valence-electron chi connectivity index (χ4n) is 3.24. The number of halogens is 1. The van der Waals surface area contributed by atoms with Gasteiger partial charge in [-0.2, -0.15) is 0 Å². The summed E-state index contributed by atoms with van der Waals surface area (Å²) in [6.45, 7) is -0.245. The number of aldehydes is 1. The largest absolute Gasteiger partial charge is 0.465 e. The number of esters is 1. The zero-order valence-electron chi connectivity index (χ0n) is 19.8. The van der Waals surface area contributed by atoms with Gasteiger partial charge in [0.25, 0.3) is 5.56 Å². The number of pyridine rings is 1. The third-order valence-electron chi connectivity index (χ3n) is 4.94. The number of aromatic nitrogens is 1. The molecule has 0 bridgehead atoms. The predicted molar refractivity (Wildman–Crippen MR) is 133 cm³/mol. The van der Waals surface area contributed by atoms with Gasteiger partial charge in [0.1, 0.15) is 24.3 Å². The molecular weight excluding hydrogens is 511 g/mol. The van der Waals surface area contributed by atoms with Crippen LogP contribution in [0, 0.1) is 5.82 Å². The Morgan fingerprint density at radius 1 is 1.24 bits per heavy atom. The van der Waals surface area contributed by atoms with Gasteiger partial charge in [0.2, 0.25) is 15.9 Å². The molecule has 1 aromatic heterocycles. The summed E-state index contributed by atoms with van der Waals surface area (Å²) in [7, 11) is -3.30. The van der Waals surface area contributed by atoms with E-state index in [1.165, 1.54) is 24.4 Å². The van der Waals surface area contributed by atoms with E-state index >= 15 is 0 Å². The van der Waals surface area contributed by atoms with E-state index in [9.17, 15) is 32.0 Å². The maximum absolute atomic E-state index is 14.3. The Kier molecular flexibility index (Phi) is 10.3. The number of amides is 1. The highest BCUT2D eigenvalue weighted by molar-refractivity contribution is 7.91. The molecule has 0 aliphatic heterocycles. The number of benzene rings is 1. The summed E-state index contributed by atoms with van der Waals surface area (Å²) in [6.07, 6.45) is 2.45. The van der Waals surface area contributed by atoms with Crippen LogP contribution in [0.1, 0.15) is 28.8 Å². The normalized spacial score (nSPS) is 11.7. The molecule has 1 aromatic carbocycles. The van der Waals surface area contributed by atoms with Crippen LogP contribution >= 0.6 is 0 Å². The van der Waals surface area contributed by atoms with Gasteiger partial charge in [0, 0.05) is 18.3 Å². The van der Waals surface area contributed by atoms with Gasteiger partial charge < -0.3 is 30.9 Å². The van der Waals surface area contributed by atoms with Gasteiger partial charge in [-0.25, -0.2) is 17.6 Å². The highest BCUT2D eigenvalue weighted by Crippen LogP contribution is 2.19. The van der Waals surface area contributed by atoms with Crippen molar-refractivity contribution in [2.24, 2.45) is 16.5 Å². The molecule has 2 rings (SSSR count). The Bertz CT molecular complexity index is 1340. The number of anilines is 1. The van der Waals surface area contributed by atoms with Crippen LogP contribution in [0.3, 0.4) is 0 Å². The quantitative estimate of drug-likeness (QED) is 0.0848. The molecular formula is C22H27FN6O7S. The number of nitrogens with two attached hydrogens (primary N) is 2. The molecule has 0 fully saturated rings. The van der Waals surface area contributed by atoms with Gasteiger partial charge in [-0.3, -0.25) is 19.3 Å². The zero-order valence-corrected chi connectivity index (χ0v) is 20.7. The molecule has 6 N–H and O–H groups in total. The SMILES string of the molecule is COC(=O)c1cccc(F)c1CS(=O)(=O)Nc1cccn(CC(=O)N[C@H](C=O)CCCN=C(N)N)c1=O. The van der Waals surface area contributed by atoms with Crippen LogP contribution in [0.25, 0.3) is 0 Å². The molecule has 0 unspecified atom stereocenters. The lowest BCUT2D eigenvalue weighted by Gasteiger charge is -2.14. The number of methoxy groups -OCH3 is 1. The van der Waals surface area contributed by atoms with Crippen molar-refractivity contribution in [1.29, 1.82) is 0 Å². The summed E-state index contributed by atoms with van der Waals surface area (Å²) >= 11 is 0. The lowest BCUT2D eigenvalue weighted by Crippen LogP contribution is -2.40. The summed E-state index contributed by atoms with van der Waals surface area (Å²) in [4.78, 5) is 52.0. The number of guanidine groups is 1. The Morgan fingerprint density at radius 3 is 2.62 bits per heavy atom. The maximum atomic E-state index is 14.3. The van der Waals surface area contributed by atoms with Crippen molar-refractivity contribution in [3.63, 3.8) is 0 Å². The van der Waals surface area contributed by atoms with Crippen LogP contribution in [0.4, 0.5) is 10.1 Å². The van der Waals surface area contributed by atoms with E-state index in [0.717, 1.165) is 23.8 Å². The molecule has 0 aliphatic rings. The second-order valence-corrected chi connectivity index (χ2v) is 9.45. The fraction of sp³-hybridized carbons (Fsp3) is 0.318. The number of rotatable bonds is 13. The molecule has 15 heteroatoms. The van der Waals surface area contributed by atoms with Crippen LogP contribution in [-0.2, 0) is 36.6 Å². The van der Waals surface area contributed by atoms with Gasteiger partial charge in [0.05, 0.1) is 24.5 Å². The average molecular weight is 539 g/mol. The molecule has 13 nitrogen and oxygen atoms in total. The number of carbonyl (C=O) groups excluding carboxylic acids is 3. The second kappa shape index (κ2) is 13.2. The van der Waals surface area contributed by atoms with Crippen LogP contribution in [0.2, 0.25) is 0 Å². The summed E-state index contributed by atoms with van der Waals surface area (Å²) < 4.78 is 47.3. The predicted octanol–water partition coefficient (Wildman–Crippen LogP) is -0.547. The number of hydrogen-bond acceptors (Lipinski definition) is 8. The first kappa shape index (κ1) is 29.0. The van der Waals surface area contributed by atoms with Crippen molar-refractivity contribution < 1.29 is 31.9 Å². The van der Waals surface area contributed by atoms with E-state index in [1.807, 2.05) is 0 Å². The molecule has 2 aromatic rings. The van der Waals surface area contributed by atoms with E-state index in [-0.39, 0.29) is 24.5 Å². The van der Waals surface area contributed by atoms with Crippen LogP contribution < -0.4 is 27.1 Å². The maximum Gasteiger partial charge on any atom is 0.338 e. The highest BCUT2D eigenvalue weighted by Gasteiger charge is 2.23. The highest BCUT2D eigenvalue weighted by atomic mass is 32.2. The number of nitrogens with one attached hydrogen (secondary N) is 2. The van der Waals surface area contributed by atoms with Gasteiger partial charge in [-0.15, -0.1) is 0 Å². The van der Waals surface area contributed by atoms with Crippen molar-refractivity contribution in [2.75, 3.05) is 18.4 Å². The molecule has 1 atom stereocenters. The lowest BCUT2D eigenvalue weighted by molar-refractivity contribution is -0.124. The van der Waals surface area contributed by atoms with Crippen molar-refractivity contribution in [2.45, 2.75) is 31.2 Å². The molecule has 1 amide bonds. The summed E-state index contributed by atoms with van der Waals surface area (Å²) in [5, 5.41) is 2.46. The number of nitrogens with zero attached hydrogens (tertiary/aromatic N) is 2. The van der Waals surface area contributed by atoms with Crippen molar-refractivity contribution in [3.8, 4) is 0 Å². The molecule has 0 spiro atoms. The number of carbonyl (C=O) groups is 3. The molecule has 0 aliphatic carbocycles. The first-order valence-electron chi connectivity index (χ1n) is 10.8. The van der Waals surface area contributed by atoms with Gasteiger partial charge in [0.15, 0.2) is 5.96 Å². The fourth-order valence-corrected chi connectivity index (χ4v) is 4.48. The minimum absolute atomic E-state index is 0.0978. The minimum atomic E-state index is -4.37. The third kappa shape index (κ3) is 8.71. The Hall–Kier alpha value is -4.27. The van der Waals surface area contributed by atoms with Gasteiger partial charge >= 0.3 is 5.97 Å². The second-order valence-electron chi connectivity index (χ2n) is 7.73. The van der Waals surface area contributed by atoms with E-state index in [0.29, 0.717) is 12.7 Å². The van der Waals surface area contributed by atoms with Crippen LogP contribution in [0.5, 0.6) is 0 Å². The first-order valence-corrected chi connectivity index (χ1v) is 12.5. The Labute approximate surface area is 211 Å². The van der Waals surface area contributed by atoms with Crippen LogP contribution in [-0.4, -0.2) is 56.8 Å². The van der Waals surface area contributed by atoms with E-state index < -0.39 is 62.9 Å². The summed E-state index contributed by atoms with van der Waals surface area (Å²) in [6, 6.07) is 5.06. The minimum Gasteiger partial charge on any atom is -0.465 e. The van der Waals surface area contributed by atoms with Crippen molar-refractivity contribution >= 4 is 39.8 Å². The standard InChI is InChI=1S/C22H27FN6O7S/c1-36-21(33)15-6-2-7-17(23)16(15)13-37(34,35)28-18-8-4-10-29(20(18)32)11-19(31)27-14(12-30)5-3-9-26-22(24)25/h2,4,6-8,10,12,14,28H,3,5,9,11,13H2,1H3,(H,27,31)(H4,24,25,26)/t14-/m0/s1. The molecule has 37 heavy (non-hydrogen) atoms. The van der Waals surface area contributed by atoms with Gasteiger partial charge in [-0.05, 0) is 37.1 Å². The topological polar surface area (TPSA) is 205 Å². The average Bonchev–Trinajstić information content (AvgIpc) is 2.83. The number of hydrogen-bond donors (Lipinski definition) is 4. The molecule has 200 valence electrons. The van der Waals surface area contributed by atoms with E-state index in [4.69, 9.17) is 11.5 Å². The van der Waals surface area contributed by atoms with Crippen molar-refractivity contribution in [1.82, 2.24) is 9.88 Å². The summed E-state index contributed by atoms with van der Waals surface area (Å²) in [5.74, 6) is -3.60. The molecule has 0 saturated carbocycles. The van der Waals surface area contributed by atoms with Crippen molar-refractivity contribution in [3.05, 3.63) is 63.8 Å². The third-order valence-corrected chi connectivity index (χ3v) is 6.14. The van der Waals surface area contributed by atoms with Crippen LogP contribution in [0.15, 0.2) is 46.3 Å². The monoisotopic (exact) mass is 538 g/mol. The lowest BCUT2D eigenvalue weighted by atomic mass is 10.1. The molecule has 1 heterocycles. The number of sulfonamides is 1. The molecule has 0 radical (unpaired) electrons. The number of ether oxygens (including phenoxy) is 1. The summed E-state index contributed by atoms with van der Waals surface area (Å²) in [5.41, 5.74) is 8.46. The van der Waals surface area contributed by atoms with E-state index in [2.05, 4.69) is 19.8 Å². The Morgan fingerprint density at radius 2 is 1.97 bits per heavy atom. The molecule has 0 saturated heterocycles.